The van der Waals surface area contributed by atoms with E-state index in [1.165, 1.54) is 0 Å². The van der Waals surface area contributed by atoms with E-state index in [1.54, 1.807) is 30.1 Å². The largest absolute Gasteiger partial charge is 0.268 e. The first-order valence-electron chi connectivity index (χ1n) is 7.87. The standard InChI is InChI=1S/C18H20N4O2S/c1-13-4-5-14(2)18(10-13)25(23,24)20-12-16-11-17(22(3)21-16)15-6-8-19-9-7-15/h4-11,20H,12H2,1-3H3. The van der Waals surface area contributed by atoms with E-state index in [1.807, 2.05) is 44.3 Å². The number of rotatable bonds is 5. The van der Waals surface area contributed by atoms with Crippen LogP contribution in [0, 0.1) is 13.8 Å². The molecular weight excluding hydrogens is 336 g/mol. The Bertz CT molecular complexity index is 995. The molecule has 0 radical (unpaired) electrons. The van der Waals surface area contributed by atoms with Crippen LogP contribution in [0.2, 0.25) is 0 Å². The van der Waals surface area contributed by atoms with Crippen LogP contribution < -0.4 is 4.72 Å². The normalized spacial score (nSPS) is 11.6. The summed E-state index contributed by atoms with van der Waals surface area (Å²) in [5, 5.41) is 4.39. The first-order valence-corrected chi connectivity index (χ1v) is 9.35. The second kappa shape index (κ2) is 6.78. The number of aryl methyl sites for hydroxylation is 3. The van der Waals surface area contributed by atoms with E-state index in [0.29, 0.717) is 10.6 Å². The van der Waals surface area contributed by atoms with Gasteiger partial charge in [-0.05, 0) is 49.2 Å². The van der Waals surface area contributed by atoms with E-state index in [-0.39, 0.29) is 6.54 Å². The second-order valence-corrected chi connectivity index (χ2v) is 7.71. The maximum atomic E-state index is 12.6. The number of pyridine rings is 1. The van der Waals surface area contributed by atoms with Gasteiger partial charge in [0, 0.05) is 25.0 Å². The summed E-state index contributed by atoms with van der Waals surface area (Å²) in [5.74, 6) is 0. The molecule has 2 aromatic heterocycles. The SMILES string of the molecule is Cc1ccc(C)c(S(=O)(=O)NCc2cc(-c3ccncc3)n(C)n2)c1. The Kier molecular flexibility index (Phi) is 4.69. The second-order valence-electron chi connectivity index (χ2n) is 5.97. The Morgan fingerprint density at radius 3 is 2.52 bits per heavy atom. The van der Waals surface area contributed by atoms with Crippen molar-refractivity contribution in [3.63, 3.8) is 0 Å². The van der Waals surface area contributed by atoms with Gasteiger partial charge in [-0.25, -0.2) is 13.1 Å². The van der Waals surface area contributed by atoms with Crippen molar-refractivity contribution < 1.29 is 8.42 Å². The van der Waals surface area contributed by atoms with Crippen LogP contribution in [-0.4, -0.2) is 23.2 Å². The van der Waals surface area contributed by atoms with Gasteiger partial charge in [-0.15, -0.1) is 0 Å². The molecule has 0 saturated heterocycles. The molecule has 0 saturated carbocycles. The third kappa shape index (κ3) is 3.78. The van der Waals surface area contributed by atoms with Gasteiger partial charge in [0.2, 0.25) is 10.0 Å². The maximum Gasteiger partial charge on any atom is 0.241 e. The van der Waals surface area contributed by atoms with Gasteiger partial charge < -0.3 is 0 Å². The molecule has 1 aromatic carbocycles. The summed E-state index contributed by atoms with van der Waals surface area (Å²) in [6.07, 6.45) is 3.43. The molecule has 0 spiro atoms. The molecule has 0 aliphatic heterocycles. The van der Waals surface area contributed by atoms with Crippen molar-refractivity contribution in [2.24, 2.45) is 7.05 Å². The van der Waals surface area contributed by atoms with E-state index in [2.05, 4.69) is 14.8 Å². The van der Waals surface area contributed by atoms with Crippen molar-refractivity contribution in [3.05, 3.63) is 65.6 Å². The Morgan fingerprint density at radius 2 is 1.80 bits per heavy atom. The highest BCUT2D eigenvalue weighted by molar-refractivity contribution is 7.89. The summed E-state index contributed by atoms with van der Waals surface area (Å²) in [6, 6.07) is 11.0. The topological polar surface area (TPSA) is 76.9 Å². The summed E-state index contributed by atoms with van der Waals surface area (Å²) in [5.41, 5.74) is 4.17. The molecule has 0 aliphatic carbocycles. The number of hydrogen-bond acceptors (Lipinski definition) is 4. The number of aromatic nitrogens is 3. The number of nitrogens with zero attached hydrogens (tertiary/aromatic N) is 3. The lowest BCUT2D eigenvalue weighted by Crippen LogP contribution is -2.24. The molecule has 0 unspecified atom stereocenters. The van der Waals surface area contributed by atoms with Crippen LogP contribution in [0.15, 0.2) is 53.7 Å². The third-order valence-corrected chi connectivity index (χ3v) is 5.53. The first-order chi connectivity index (χ1) is 11.9. The highest BCUT2D eigenvalue weighted by Crippen LogP contribution is 2.20. The van der Waals surface area contributed by atoms with Crippen LogP contribution in [0.3, 0.4) is 0 Å². The summed E-state index contributed by atoms with van der Waals surface area (Å²) in [6.45, 7) is 3.79. The number of nitrogens with one attached hydrogen (secondary N) is 1. The van der Waals surface area contributed by atoms with Crippen molar-refractivity contribution in [2.75, 3.05) is 0 Å². The lowest BCUT2D eigenvalue weighted by Gasteiger charge is -2.09. The number of sulfonamides is 1. The molecule has 1 N–H and O–H groups in total. The number of hydrogen-bond donors (Lipinski definition) is 1. The Morgan fingerprint density at radius 1 is 1.08 bits per heavy atom. The number of benzene rings is 1. The first kappa shape index (κ1) is 17.3. The van der Waals surface area contributed by atoms with Crippen molar-refractivity contribution >= 4 is 10.0 Å². The van der Waals surface area contributed by atoms with Gasteiger partial charge >= 0.3 is 0 Å². The summed E-state index contributed by atoms with van der Waals surface area (Å²) in [7, 11) is -1.76. The van der Waals surface area contributed by atoms with Gasteiger partial charge in [0.25, 0.3) is 0 Å². The van der Waals surface area contributed by atoms with Gasteiger partial charge in [-0.3, -0.25) is 9.67 Å². The van der Waals surface area contributed by atoms with Gasteiger partial charge in [-0.1, -0.05) is 12.1 Å². The average Bonchev–Trinajstić information content (AvgIpc) is 2.97. The minimum atomic E-state index is -3.59. The van der Waals surface area contributed by atoms with Crippen molar-refractivity contribution in [2.45, 2.75) is 25.3 Å². The van der Waals surface area contributed by atoms with E-state index in [9.17, 15) is 8.42 Å². The van der Waals surface area contributed by atoms with E-state index in [0.717, 1.165) is 22.4 Å². The van der Waals surface area contributed by atoms with Crippen LogP contribution in [0.5, 0.6) is 0 Å². The summed E-state index contributed by atoms with van der Waals surface area (Å²) >= 11 is 0. The van der Waals surface area contributed by atoms with E-state index < -0.39 is 10.0 Å². The average molecular weight is 356 g/mol. The fourth-order valence-electron chi connectivity index (χ4n) is 2.65. The predicted octanol–water partition coefficient (Wildman–Crippen LogP) is 2.58. The molecular formula is C18H20N4O2S. The van der Waals surface area contributed by atoms with E-state index in [4.69, 9.17) is 0 Å². The van der Waals surface area contributed by atoms with E-state index >= 15 is 0 Å². The van der Waals surface area contributed by atoms with Crippen LogP contribution >= 0.6 is 0 Å². The molecule has 3 rings (SSSR count). The van der Waals surface area contributed by atoms with Crippen LogP contribution in [0.25, 0.3) is 11.3 Å². The molecule has 3 aromatic rings. The zero-order chi connectivity index (χ0) is 18.0. The highest BCUT2D eigenvalue weighted by Gasteiger charge is 2.18. The van der Waals surface area contributed by atoms with Crippen molar-refractivity contribution in [3.8, 4) is 11.3 Å². The van der Waals surface area contributed by atoms with Crippen LogP contribution in [0.4, 0.5) is 0 Å². The Labute approximate surface area is 147 Å². The smallest absolute Gasteiger partial charge is 0.241 e. The molecule has 0 bridgehead atoms. The Balaban J connectivity index is 1.81. The minimum absolute atomic E-state index is 0.134. The summed E-state index contributed by atoms with van der Waals surface area (Å²) in [4.78, 5) is 4.31. The fourth-order valence-corrected chi connectivity index (χ4v) is 3.98. The van der Waals surface area contributed by atoms with Crippen LogP contribution in [-0.2, 0) is 23.6 Å². The lowest BCUT2D eigenvalue weighted by atomic mass is 10.2. The predicted molar refractivity (Wildman–Crippen MR) is 96.4 cm³/mol. The molecule has 0 atom stereocenters. The molecule has 0 amide bonds. The van der Waals surface area contributed by atoms with Gasteiger partial charge in [-0.2, -0.15) is 5.10 Å². The zero-order valence-electron chi connectivity index (χ0n) is 14.4. The zero-order valence-corrected chi connectivity index (χ0v) is 15.2. The molecule has 130 valence electrons. The molecule has 6 nitrogen and oxygen atoms in total. The summed E-state index contributed by atoms with van der Waals surface area (Å²) < 4.78 is 29.5. The Hall–Kier alpha value is -2.51. The van der Waals surface area contributed by atoms with Gasteiger partial charge in [0.15, 0.2) is 0 Å². The third-order valence-electron chi connectivity index (χ3n) is 3.98. The maximum absolute atomic E-state index is 12.6. The molecule has 2 heterocycles. The molecule has 7 heteroatoms. The highest BCUT2D eigenvalue weighted by atomic mass is 32.2. The molecule has 0 fully saturated rings. The van der Waals surface area contributed by atoms with Crippen molar-refractivity contribution in [1.82, 2.24) is 19.5 Å². The lowest BCUT2D eigenvalue weighted by molar-refractivity contribution is 0.579. The molecule has 25 heavy (non-hydrogen) atoms. The molecule has 0 aliphatic rings. The van der Waals surface area contributed by atoms with Crippen LogP contribution in [0.1, 0.15) is 16.8 Å². The van der Waals surface area contributed by atoms with Crippen molar-refractivity contribution in [1.29, 1.82) is 0 Å². The minimum Gasteiger partial charge on any atom is -0.268 e. The monoisotopic (exact) mass is 356 g/mol. The van der Waals surface area contributed by atoms with Gasteiger partial charge in [0.1, 0.15) is 0 Å². The quantitative estimate of drug-likeness (QED) is 0.762. The fraction of sp³-hybridized carbons (Fsp3) is 0.222. The van der Waals surface area contributed by atoms with Gasteiger partial charge in [0.05, 0.1) is 22.8 Å².